The van der Waals surface area contributed by atoms with Gasteiger partial charge in [-0.25, -0.2) is 13.5 Å². The third-order valence-electron chi connectivity index (χ3n) is 2.76. The Morgan fingerprint density at radius 2 is 2.05 bits per heavy atom. The highest BCUT2D eigenvalue weighted by atomic mass is 32.2. The lowest BCUT2D eigenvalue weighted by Crippen LogP contribution is -2.16. The Balaban J connectivity index is 2.33. The van der Waals surface area contributed by atoms with E-state index in [4.69, 9.17) is 5.73 Å². The number of aromatic nitrogens is 2. The molecule has 0 fully saturated rings. The average Bonchev–Trinajstić information content (AvgIpc) is 2.41. The Hall–Kier alpha value is -2.19. The van der Waals surface area contributed by atoms with Gasteiger partial charge in [0.15, 0.2) is 5.82 Å². The molecule has 1 aromatic heterocycles. The normalized spacial score (nSPS) is 11.3. The molecule has 0 spiro atoms. The number of aromatic amines is 1. The zero-order valence-electron chi connectivity index (χ0n) is 10.8. The molecule has 0 unspecified atom stereocenters. The lowest BCUT2D eigenvalue weighted by molar-refractivity contribution is 0.600. The standard InChI is InChI=1S/C12H14N4O3S/c1-8-6-10(3-2-9(8)7-13)20(18,19)16-11-4-5-12(17)15-14-11/h2-6H,7,13H2,1H3,(H,14,16)(H,15,17). The molecular formula is C12H14N4O3S. The molecule has 1 heterocycles. The van der Waals surface area contributed by atoms with Gasteiger partial charge in [0, 0.05) is 12.6 Å². The van der Waals surface area contributed by atoms with Crippen molar-refractivity contribution in [2.24, 2.45) is 5.73 Å². The molecule has 0 amide bonds. The van der Waals surface area contributed by atoms with Crippen molar-refractivity contribution in [2.45, 2.75) is 18.4 Å². The number of nitrogens with two attached hydrogens (primary N) is 1. The topological polar surface area (TPSA) is 118 Å². The summed E-state index contributed by atoms with van der Waals surface area (Å²) in [5.41, 5.74) is 6.81. The fourth-order valence-corrected chi connectivity index (χ4v) is 2.75. The van der Waals surface area contributed by atoms with E-state index >= 15 is 0 Å². The van der Waals surface area contributed by atoms with Gasteiger partial charge in [0.1, 0.15) is 0 Å². The molecule has 20 heavy (non-hydrogen) atoms. The second-order valence-electron chi connectivity index (χ2n) is 4.20. The van der Waals surface area contributed by atoms with Crippen LogP contribution in [0.4, 0.5) is 5.82 Å². The first-order valence-corrected chi connectivity index (χ1v) is 7.29. The molecule has 0 radical (unpaired) electrons. The van der Waals surface area contributed by atoms with E-state index in [0.29, 0.717) is 6.54 Å². The van der Waals surface area contributed by atoms with Crippen LogP contribution in [0.3, 0.4) is 0 Å². The molecule has 2 aromatic rings. The van der Waals surface area contributed by atoms with Gasteiger partial charge in [-0.2, -0.15) is 5.10 Å². The number of benzene rings is 1. The SMILES string of the molecule is Cc1cc(S(=O)(=O)Nc2ccc(=O)[nH]n2)ccc1CN. The van der Waals surface area contributed by atoms with Gasteiger partial charge < -0.3 is 5.73 Å². The van der Waals surface area contributed by atoms with Gasteiger partial charge in [-0.1, -0.05) is 6.07 Å². The number of anilines is 1. The summed E-state index contributed by atoms with van der Waals surface area (Å²) in [6.45, 7) is 2.14. The maximum absolute atomic E-state index is 12.2. The van der Waals surface area contributed by atoms with Crippen LogP contribution in [0.2, 0.25) is 0 Å². The van der Waals surface area contributed by atoms with Crippen molar-refractivity contribution >= 4 is 15.8 Å². The van der Waals surface area contributed by atoms with Gasteiger partial charge >= 0.3 is 0 Å². The minimum absolute atomic E-state index is 0.0464. The molecule has 7 nitrogen and oxygen atoms in total. The molecule has 0 aliphatic rings. The first-order valence-electron chi connectivity index (χ1n) is 5.80. The number of hydrogen-bond donors (Lipinski definition) is 3. The van der Waals surface area contributed by atoms with Crippen LogP contribution in [0.25, 0.3) is 0 Å². The molecule has 0 saturated carbocycles. The fraction of sp³-hybridized carbons (Fsp3) is 0.167. The number of rotatable bonds is 4. The molecule has 0 aliphatic heterocycles. The molecule has 0 atom stereocenters. The number of aryl methyl sites for hydroxylation is 1. The van der Waals surface area contributed by atoms with Crippen LogP contribution >= 0.6 is 0 Å². The molecule has 1 aromatic carbocycles. The summed E-state index contributed by atoms with van der Waals surface area (Å²) >= 11 is 0. The van der Waals surface area contributed by atoms with Crippen molar-refractivity contribution in [1.29, 1.82) is 0 Å². The summed E-state index contributed by atoms with van der Waals surface area (Å²) in [5.74, 6) is 0.0464. The van der Waals surface area contributed by atoms with Crippen molar-refractivity contribution in [2.75, 3.05) is 4.72 Å². The van der Waals surface area contributed by atoms with Crippen molar-refractivity contribution < 1.29 is 8.42 Å². The van der Waals surface area contributed by atoms with Gasteiger partial charge in [0.25, 0.3) is 15.6 Å². The Bertz CT molecular complexity index is 763. The van der Waals surface area contributed by atoms with Crippen LogP contribution in [0.1, 0.15) is 11.1 Å². The number of nitrogens with zero attached hydrogens (tertiary/aromatic N) is 1. The summed E-state index contributed by atoms with van der Waals surface area (Å²) in [7, 11) is -3.75. The first-order chi connectivity index (χ1) is 9.42. The second kappa shape index (κ2) is 5.43. The number of hydrogen-bond acceptors (Lipinski definition) is 5. The Morgan fingerprint density at radius 3 is 2.60 bits per heavy atom. The quantitative estimate of drug-likeness (QED) is 0.751. The lowest BCUT2D eigenvalue weighted by atomic mass is 10.1. The molecule has 0 aliphatic carbocycles. The summed E-state index contributed by atoms with van der Waals surface area (Å²) in [6.07, 6.45) is 0. The van der Waals surface area contributed by atoms with E-state index in [9.17, 15) is 13.2 Å². The molecule has 2 rings (SSSR count). The van der Waals surface area contributed by atoms with E-state index in [2.05, 4.69) is 14.9 Å². The van der Waals surface area contributed by atoms with E-state index in [-0.39, 0.29) is 10.7 Å². The molecule has 8 heteroatoms. The van der Waals surface area contributed by atoms with Crippen LogP contribution in [0.5, 0.6) is 0 Å². The Labute approximate surface area is 115 Å². The summed E-state index contributed by atoms with van der Waals surface area (Å²) in [5, 5.41) is 5.75. The third kappa shape index (κ3) is 3.03. The zero-order valence-corrected chi connectivity index (χ0v) is 11.6. The molecule has 106 valence electrons. The number of sulfonamides is 1. The number of nitrogens with one attached hydrogen (secondary N) is 2. The van der Waals surface area contributed by atoms with Crippen molar-refractivity contribution in [1.82, 2.24) is 10.2 Å². The van der Waals surface area contributed by atoms with Crippen molar-refractivity contribution in [3.63, 3.8) is 0 Å². The van der Waals surface area contributed by atoms with Crippen molar-refractivity contribution in [3.05, 3.63) is 51.8 Å². The summed E-state index contributed by atoms with van der Waals surface area (Å²) in [4.78, 5) is 11.0. The highest BCUT2D eigenvalue weighted by Gasteiger charge is 2.15. The first kappa shape index (κ1) is 14.2. The molecule has 0 bridgehead atoms. The van der Waals surface area contributed by atoms with Crippen LogP contribution < -0.4 is 16.0 Å². The van der Waals surface area contributed by atoms with Crippen LogP contribution in [-0.2, 0) is 16.6 Å². The Kier molecular flexibility index (Phi) is 3.86. The zero-order chi connectivity index (χ0) is 14.8. The molecule has 4 N–H and O–H groups in total. The Morgan fingerprint density at radius 1 is 1.30 bits per heavy atom. The maximum Gasteiger partial charge on any atom is 0.264 e. The van der Waals surface area contributed by atoms with Gasteiger partial charge in [-0.3, -0.25) is 9.52 Å². The summed E-state index contributed by atoms with van der Waals surface area (Å²) in [6, 6.07) is 7.16. The van der Waals surface area contributed by atoms with E-state index < -0.39 is 15.6 Å². The van der Waals surface area contributed by atoms with Crippen molar-refractivity contribution in [3.8, 4) is 0 Å². The molecular weight excluding hydrogens is 280 g/mol. The summed E-state index contributed by atoms with van der Waals surface area (Å²) < 4.78 is 26.6. The average molecular weight is 294 g/mol. The van der Waals surface area contributed by atoms with Gasteiger partial charge in [0.05, 0.1) is 4.90 Å². The lowest BCUT2D eigenvalue weighted by Gasteiger charge is -2.09. The largest absolute Gasteiger partial charge is 0.326 e. The monoisotopic (exact) mass is 294 g/mol. The fourth-order valence-electron chi connectivity index (χ4n) is 1.66. The van der Waals surface area contributed by atoms with E-state index in [1.54, 1.807) is 13.0 Å². The minimum atomic E-state index is -3.75. The van der Waals surface area contributed by atoms with E-state index in [0.717, 1.165) is 11.1 Å². The number of H-pyrrole nitrogens is 1. The van der Waals surface area contributed by atoms with Crippen LogP contribution in [-0.4, -0.2) is 18.6 Å². The van der Waals surface area contributed by atoms with Gasteiger partial charge in [-0.15, -0.1) is 0 Å². The minimum Gasteiger partial charge on any atom is -0.326 e. The van der Waals surface area contributed by atoms with Gasteiger partial charge in [-0.05, 0) is 36.2 Å². The third-order valence-corrected chi connectivity index (χ3v) is 4.11. The van der Waals surface area contributed by atoms with Gasteiger partial charge in [0.2, 0.25) is 0 Å². The van der Waals surface area contributed by atoms with Crippen LogP contribution in [0, 0.1) is 6.92 Å². The molecule has 0 saturated heterocycles. The van der Waals surface area contributed by atoms with E-state index in [1.165, 1.54) is 24.3 Å². The highest BCUT2D eigenvalue weighted by molar-refractivity contribution is 7.92. The predicted molar refractivity (Wildman–Crippen MR) is 74.7 cm³/mol. The predicted octanol–water partition coefficient (Wildman–Crippen LogP) is 0.338. The second-order valence-corrected chi connectivity index (χ2v) is 5.89. The van der Waals surface area contributed by atoms with E-state index in [1.807, 2.05) is 0 Å². The highest BCUT2D eigenvalue weighted by Crippen LogP contribution is 2.17. The van der Waals surface area contributed by atoms with Crippen LogP contribution in [0.15, 0.2) is 40.0 Å². The maximum atomic E-state index is 12.2. The smallest absolute Gasteiger partial charge is 0.264 e.